The van der Waals surface area contributed by atoms with E-state index in [0.29, 0.717) is 18.7 Å². The molecule has 1 atom stereocenters. The van der Waals surface area contributed by atoms with Crippen molar-refractivity contribution in [1.29, 1.82) is 0 Å². The summed E-state index contributed by atoms with van der Waals surface area (Å²) >= 11 is 0. The average Bonchev–Trinajstić information content (AvgIpc) is 2.39. The van der Waals surface area contributed by atoms with Gasteiger partial charge in [-0.05, 0) is 12.5 Å². The summed E-state index contributed by atoms with van der Waals surface area (Å²) < 4.78 is 4.80. The van der Waals surface area contributed by atoms with Gasteiger partial charge in [0.25, 0.3) is 0 Å². The second-order valence-corrected chi connectivity index (χ2v) is 4.17. The van der Waals surface area contributed by atoms with Gasteiger partial charge in [-0.2, -0.15) is 0 Å². The molecule has 1 aromatic carbocycles. The highest BCUT2D eigenvalue weighted by Gasteiger charge is 2.36. The van der Waals surface area contributed by atoms with Crippen LogP contribution in [-0.2, 0) is 15.1 Å². The van der Waals surface area contributed by atoms with Crippen LogP contribution in [-0.4, -0.2) is 37.4 Å². The number of carboxylic acids is 1. The van der Waals surface area contributed by atoms with E-state index in [4.69, 9.17) is 4.74 Å². The highest BCUT2D eigenvalue weighted by molar-refractivity contribution is 5.87. The summed E-state index contributed by atoms with van der Waals surface area (Å²) in [7, 11) is 1.52. The number of hydrogen-bond acceptors (Lipinski definition) is 3. The highest BCUT2D eigenvalue weighted by Crippen LogP contribution is 2.20. The van der Waals surface area contributed by atoms with Gasteiger partial charge in [0, 0.05) is 13.7 Å². The molecule has 104 valence electrons. The van der Waals surface area contributed by atoms with Crippen LogP contribution in [0.3, 0.4) is 0 Å². The molecule has 0 aliphatic heterocycles. The quantitative estimate of drug-likeness (QED) is 0.668. The molecule has 19 heavy (non-hydrogen) atoms. The second kappa shape index (κ2) is 6.75. The van der Waals surface area contributed by atoms with Gasteiger partial charge in [0.15, 0.2) is 5.54 Å². The Bertz CT molecular complexity index is 436. The molecule has 6 heteroatoms. The normalized spacial score (nSPS) is 13.4. The van der Waals surface area contributed by atoms with Crippen LogP contribution in [0.15, 0.2) is 30.3 Å². The fourth-order valence-corrected chi connectivity index (χ4v) is 1.56. The zero-order chi connectivity index (χ0) is 14.3. The lowest BCUT2D eigenvalue weighted by molar-refractivity contribution is -0.144. The first kappa shape index (κ1) is 15.0. The van der Waals surface area contributed by atoms with E-state index in [1.54, 1.807) is 30.3 Å². The zero-order valence-electron chi connectivity index (χ0n) is 11.0. The Kier molecular flexibility index (Phi) is 5.32. The number of carboxylic acid groups (broad SMARTS) is 1. The molecule has 1 unspecified atom stereocenters. The summed E-state index contributed by atoms with van der Waals surface area (Å²) in [6.07, 6.45) is 0. The lowest BCUT2D eigenvalue weighted by atomic mass is 9.92. The van der Waals surface area contributed by atoms with Crippen LogP contribution < -0.4 is 10.6 Å². The van der Waals surface area contributed by atoms with Crippen molar-refractivity contribution in [1.82, 2.24) is 10.6 Å². The lowest BCUT2D eigenvalue weighted by Crippen LogP contribution is -2.53. The van der Waals surface area contributed by atoms with Crippen molar-refractivity contribution in [3.8, 4) is 0 Å². The molecule has 0 radical (unpaired) electrons. The second-order valence-electron chi connectivity index (χ2n) is 4.17. The zero-order valence-corrected chi connectivity index (χ0v) is 11.0. The van der Waals surface area contributed by atoms with E-state index in [2.05, 4.69) is 10.6 Å². The third kappa shape index (κ3) is 3.96. The Morgan fingerprint density at radius 3 is 2.47 bits per heavy atom. The van der Waals surface area contributed by atoms with Crippen LogP contribution in [0.2, 0.25) is 0 Å². The summed E-state index contributed by atoms with van der Waals surface area (Å²) in [5.41, 5.74) is -0.970. The molecule has 1 rings (SSSR count). The van der Waals surface area contributed by atoms with Crippen LogP contribution in [0.25, 0.3) is 0 Å². The first-order valence-corrected chi connectivity index (χ1v) is 5.84. The third-order valence-electron chi connectivity index (χ3n) is 2.73. The Balaban J connectivity index is 2.78. The van der Waals surface area contributed by atoms with Crippen molar-refractivity contribution in [3.63, 3.8) is 0 Å². The number of carbonyl (C=O) groups is 2. The molecule has 3 N–H and O–H groups in total. The van der Waals surface area contributed by atoms with Crippen molar-refractivity contribution < 1.29 is 19.4 Å². The maximum absolute atomic E-state index is 11.7. The van der Waals surface area contributed by atoms with Crippen LogP contribution >= 0.6 is 0 Å². The van der Waals surface area contributed by atoms with Gasteiger partial charge in [-0.3, -0.25) is 0 Å². The summed E-state index contributed by atoms with van der Waals surface area (Å²) in [4.78, 5) is 23.1. The predicted octanol–water partition coefficient (Wildman–Crippen LogP) is 0.932. The van der Waals surface area contributed by atoms with Crippen molar-refractivity contribution in [2.24, 2.45) is 0 Å². The molecule has 6 nitrogen and oxygen atoms in total. The predicted molar refractivity (Wildman–Crippen MR) is 69.8 cm³/mol. The Labute approximate surface area is 111 Å². The van der Waals surface area contributed by atoms with E-state index in [-0.39, 0.29) is 0 Å². The van der Waals surface area contributed by atoms with Crippen LogP contribution in [0.4, 0.5) is 4.79 Å². The minimum atomic E-state index is -1.47. The number of methoxy groups -OCH3 is 1. The number of rotatable bonds is 6. The largest absolute Gasteiger partial charge is 0.479 e. The number of hydrogen-bond donors (Lipinski definition) is 3. The number of carbonyl (C=O) groups excluding carboxylic acids is 1. The van der Waals surface area contributed by atoms with E-state index in [1.807, 2.05) is 0 Å². The molecule has 0 saturated heterocycles. The van der Waals surface area contributed by atoms with Gasteiger partial charge in [-0.15, -0.1) is 0 Å². The van der Waals surface area contributed by atoms with E-state index >= 15 is 0 Å². The molecule has 0 bridgehead atoms. The van der Waals surface area contributed by atoms with Gasteiger partial charge in [0.2, 0.25) is 0 Å². The van der Waals surface area contributed by atoms with E-state index in [1.165, 1.54) is 14.0 Å². The fourth-order valence-electron chi connectivity index (χ4n) is 1.56. The molecule has 0 heterocycles. The van der Waals surface area contributed by atoms with E-state index < -0.39 is 17.5 Å². The number of nitrogens with one attached hydrogen (secondary N) is 2. The standard InChI is InChI=1S/C13H18N2O4/c1-13(11(16)17,10-6-4-3-5-7-10)15-12(18)14-8-9-19-2/h3-7H,8-9H2,1-2H3,(H,16,17)(H2,14,15,18). The number of benzene rings is 1. The van der Waals surface area contributed by atoms with Crippen molar-refractivity contribution in [2.75, 3.05) is 20.3 Å². The van der Waals surface area contributed by atoms with Gasteiger partial charge in [0.05, 0.1) is 6.61 Å². The highest BCUT2D eigenvalue weighted by atomic mass is 16.5. The van der Waals surface area contributed by atoms with Crippen molar-refractivity contribution >= 4 is 12.0 Å². The molecule has 0 aliphatic carbocycles. The molecular weight excluding hydrogens is 248 g/mol. The Morgan fingerprint density at radius 1 is 1.32 bits per heavy atom. The van der Waals surface area contributed by atoms with Crippen LogP contribution in [0.5, 0.6) is 0 Å². The van der Waals surface area contributed by atoms with E-state index in [0.717, 1.165) is 0 Å². The fraction of sp³-hybridized carbons (Fsp3) is 0.385. The molecule has 0 aliphatic rings. The lowest BCUT2D eigenvalue weighted by Gasteiger charge is -2.26. The van der Waals surface area contributed by atoms with Crippen LogP contribution in [0, 0.1) is 0 Å². The smallest absolute Gasteiger partial charge is 0.333 e. The minimum absolute atomic E-state index is 0.312. The monoisotopic (exact) mass is 266 g/mol. The van der Waals surface area contributed by atoms with Gasteiger partial charge in [0.1, 0.15) is 0 Å². The van der Waals surface area contributed by atoms with Crippen molar-refractivity contribution in [2.45, 2.75) is 12.5 Å². The molecule has 0 saturated carbocycles. The molecule has 1 aromatic rings. The summed E-state index contributed by atoms with van der Waals surface area (Å²) in [6.45, 7) is 2.12. The third-order valence-corrected chi connectivity index (χ3v) is 2.73. The Morgan fingerprint density at radius 2 is 1.95 bits per heavy atom. The van der Waals surface area contributed by atoms with Gasteiger partial charge in [-0.1, -0.05) is 30.3 Å². The number of urea groups is 1. The van der Waals surface area contributed by atoms with Crippen molar-refractivity contribution in [3.05, 3.63) is 35.9 Å². The molecule has 0 aromatic heterocycles. The Hall–Kier alpha value is -2.08. The maximum atomic E-state index is 11.7. The van der Waals surface area contributed by atoms with E-state index in [9.17, 15) is 14.7 Å². The number of amides is 2. The molecular formula is C13H18N2O4. The molecule has 0 fully saturated rings. The summed E-state index contributed by atoms with van der Waals surface area (Å²) in [6, 6.07) is 7.99. The summed E-state index contributed by atoms with van der Waals surface area (Å²) in [5.74, 6) is -1.12. The van der Waals surface area contributed by atoms with Gasteiger partial charge < -0.3 is 20.5 Å². The maximum Gasteiger partial charge on any atom is 0.333 e. The number of ether oxygens (including phenoxy) is 1. The van der Waals surface area contributed by atoms with Crippen LogP contribution in [0.1, 0.15) is 12.5 Å². The average molecular weight is 266 g/mol. The minimum Gasteiger partial charge on any atom is -0.479 e. The summed E-state index contributed by atoms with van der Waals surface area (Å²) in [5, 5.41) is 14.3. The SMILES string of the molecule is COCCNC(=O)NC(C)(C(=O)O)c1ccccc1. The first-order chi connectivity index (χ1) is 9.00. The molecule has 2 amide bonds. The van der Waals surface area contributed by atoms with Gasteiger partial charge in [-0.25, -0.2) is 9.59 Å². The first-order valence-electron chi connectivity index (χ1n) is 5.84. The topological polar surface area (TPSA) is 87.7 Å². The van der Waals surface area contributed by atoms with Gasteiger partial charge >= 0.3 is 12.0 Å². The number of aliphatic carboxylic acids is 1. The molecule has 0 spiro atoms.